The van der Waals surface area contributed by atoms with E-state index in [-0.39, 0.29) is 16.2 Å². The number of nitrogens with zero attached hydrogens (tertiary/aromatic N) is 3. The number of H-pyrrole nitrogens is 1. The summed E-state index contributed by atoms with van der Waals surface area (Å²) in [5.74, 6) is -0.562. The van der Waals surface area contributed by atoms with E-state index in [1.807, 2.05) is 0 Å². The second-order valence-electron chi connectivity index (χ2n) is 8.82. The molecule has 1 atom stereocenters. The van der Waals surface area contributed by atoms with E-state index < -0.39 is 36.4 Å². The van der Waals surface area contributed by atoms with E-state index in [4.69, 9.17) is 0 Å². The molecule has 1 aromatic heterocycles. The van der Waals surface area contributed by atoms with Gasteiger partial charge in [-0.15, -0.1) is 0 Å². The zero-order valence-electron chi connectivity index (χ0n) is 21.6. The summed E-state index contributed by atoms with van der Waals surface area (Å²) in [6, 6.07) is 17.2. The molecule has 2 heterocycles. The summed E-state index contributed by atoms with van der Waals surface area (Å²) in [6.07, 6.45) is 13.8. The third kappa shape index (κ3) is 6.35. The molecule has 0 saturated heterocycles. The summed E-state index contributed by atoms with van der Waals surface area (Å²) < 4.78 is 50.3. The van der Waals surface area contributed by atoms with Crippen LogP contribution in [-0.4, -0.2) is 56.5 Å². The highest BCUT2D eigenvalue weighted by atomic mass is 32.2. The van der Waals surface area contributed by atoms with Crippen molar-refractivity contribution in [2.45, 2.75) is 10.3 Å². The van der Waals surface area contributed by atoms with Crippen LogP contribution in [0.3, 0.4) is 0 Å². The van der Waals surface area contributed by atoms with Crippen LogP contribution in [0, 0.1) is 0 Å². The Balaban J connectivity index is 1.57. The molecule has 0 radical (unpaired) electrons. The Labute approximate surface area is 231 Å². The molecular weight excluding hydrogens is 552 g/mol. The van der Waals surface area contributed by atoms with Crippen LogP contribution in [0.25, 0.3) is 11.8 Å². The average molecular weight is 579 g/mol. The monoisotopic (exact) mass is 578 g/mol. The lowest BCUT2D eigenvalue weighted by Crippen LogP contribution is -2.40. The van der Waals surface area contributed by atoms with Crippen LogP contribution in [0.15, 0.2) is 118 Å². The fourth-order valence-electron chi connectivity index (χ4n) is 3.89. The number of carbonyl (C=O) groups is 1. The Morgan fingerprint density at radius 1 is 0.800 bits per heavy atom. The molecular formula is C28H26N4O6S2. The van der Waals surface area contributed by atoms with Crippen molar-refractivity contribution in [2.24, 2.45) is 5.10 Å². The fourth-order valence-corrected chi connectivity index (χ4v) is 5.61. The first-order valence-corrected chi connectivity index (χ1v) is 15.8. The maximum atomic E-state index is 13.1. The van der Waals surface area contributed by atoms with Crippen LogP contribution in [0.2, 0.25) is 0 Å². The van der Waals surface area contributed by atoms with Gasteiger partial charge in [0.2, 0.25) is 0 Å². The number of hydrazone groups is 1. The molecule has 1 aliphatic heterocycles. The maximum absolute atomic E-state index is 13.1. The van der Waals surface area contributed by atoms with Crippen molar-refractivity contribution in [1.29, 1.82) is 0 Å². The summed E-state index contributed by atoms with van der Waals surface area (Å²) in [5.41, 5.74) is 0.479. The van der Waals surface area contributed by atoms with Gasteiger partial charge in [0.15, 0.2) is 24.7 Å². The molecule has 0 saturated carbocycles. The molecule has 0 aliphatic carbocycles. The lowest BCUT2D eigenvalue weighted by Gasteiger charge is -2.26. The van der Waals surface area contributed by atoms with E-state index in [0.29, 0.717) is 11.4 Å². The van der Waals surface area contributed by atoms with Crippen molar-refractivity contribution in [2.75, 3.05) is 17.5 Å². The van der Waals surface area contributed by atoms with Crippen molar-refractivity contribution < 1.29 is 21.6 Å². The molecule has 1 N–H and O–H groups in total. The number of benzene rings is 2. The van der Waals surface area contributed by atoms with Crippen LogP contribution < -0.4 is 10.6 Å². The molecule has 1 amide bonds. The highest BCUT2D eigenvalue weighted by Gasteiger charge is 2.35. The van der Waals surface area contributed by atoms with Crippen LogP contribution >= 0.6 is 0 Å². The Morgan fingerprint density at radius 3 is 1.98 bits per heavy atom. The van der Waals surface area contributed by atoms with Crippen LogP contribution in [0.5, 0.6) is 0 Å². The fraction of sp³-hybridized carbons (Fsp3) is 0.107. The predicted octanol–water partition coefficient (Wildman–Crippen LogP) is 3.07. The number of aromatic amines is 1. The molecule has 0 bridgehead atoms. The smallest absolute Gasteiger partial charge is 0.279 e. The minimum absolute atomic E-state index is 0.0220. The second kappa shape index (κ2) is 11.7. The third-order valence-corrected chi connectivity index (χ3v) is 8.14. The van der Waals surface area contributed by atoms with Gasteiger partial charge in [-0.2, -0.15) is 10.1 Å². The van der Waals surface area contributed by atoms with Gasteiger partial charge in [-0.05, 0) is 30.3 Å². The van der Waals surface area contributed by atoms with E-state index in [1.165, 1.54) is 30.5 Å². The van der Waals surface area contributed by atoms with Gasteiger partial charge >= 0.3 is 0 Å². The van der Waals surface area contributed by atoms with Crippen molar-refractivity contribution in [3.05, 3.63) is 119 Å². The molecule has 1 unspecified atom stereocenters. The predicted molar refractivity (Wildman–Crippen MR) is 156 cm³/mol. The Bertz CT molecular complexity index is 1830. The van der Waals surface area contributed by atoms with E-state index in [9.17, 15) is 26.4 Å². The van der Waals surface area contributed by atoms with Gasteiger partial charge in [-0.25, -0.2) is 21.5 Å². The number of aromatic nitrogens is 2. The molecule has 40 heavy (non-hydrogen) atoms. The molecule has 0 spiro atoms. The first-order chi connectivity index (χ1) is 19.0. The molecule has 4 rings (SSSR count). The minimum atomic E-state index is -3.72. The van der Waals surface area contributed by atoms with E-state index >= 15 is 0 Å². The molecule has 1 aliphatic rings. The quantitative estimate of drug-likeness (QED) is 0.322. The molecule has 2 aromatic carbocycles. The summed E-state index contributed by atoms with van der Waals surface area (Å²) in [5, 5.41) is 6.45. The molecule has 10 nitrogen and oxygen atoms in total. The van der Waals surface area contributed by atoms with Gasteiger partial charge in [0.25, 0.3) is 11.5 Å². The van der Waals surface area contributed by atoms with Gasteiger partial charge in [-0.1, -0.05) is 72.9 Å². The summed E-state index contributed by atoms with van der Waals surface area (Å²) in [4.78, 5) is 26.0. The lowest BCUT2D eigenvalue weighted by molar-refractivity contribution is -0.115. The highest BCUT2D eigenvalue weighted by molar-refractivity contribution is 7.92. The Morgan fingerprint density at radius 2 is 1.38 bits per heavy atom. The minimum Gasteiger partial charge on any atom is -0.280 e. The summed E-state index contributed by atoms with van der Waals surface area (Å²) in [7, 11) is -7.37. The van der Waals surface area contributed by atoms with E-state index in [1.54, 1.807) is 78.9 Å². The average Bonchev–Trinajstić information content (AvgIpc) is 3.25. The number of carbonyl (C=O) groups excluding carboxylic acids is 1. The van der Waals surface area contributed by atoms with E-state index in [0.717, 1.165) is 22.2 Å². The largest absolute Gasteiger partial charge is 0.280 e. The molecule has 206 valence electrons. The number of para-hydroxylation sites is 2. The first-order valence-electron chi connectivity index (χ1n) is 11.9. The van der Waals surface area contributed by atoms with Crippen molar-refractivity contribution in [3.8, 4) is 5.69 Å². The number of sulfone groups is 2. The number of amides is 1. The lowest BCUT2D eigenvalue weighted by atomic mass is 10.1. The highest BCUT2D eigenvalue weighted by Crippen LogP contribution is 2.24. The Hall–Kier alpha value is -4.55. The van der Waals surface area contributed by atoms with Crippen LogP contribution in [0.1, 0.15) is 5.56 Å². The van der Waals surface area contributed by atoms with Crippen LogP contribution in [-0.2, 0) is 24.5 Å². The Kier molecular flexibility index (Phi) is 8.31. The number of hydrogen-bond donors (Lipinski definition) is 1. The summed E-state index contributed by atoms with van der Waals surface area (Å²) >= 11 is 0. The zero-order chi connectivity index (χ0) is 28.9. The van der Waals surface area contributed by atoms with Gasteiger partial charge in [0, 0.05) is 24.3 Å². The van der Waals surface area contributed by atoms with Gasteiger partial charge in [0.1, 0.15) is 5.25 Å². The van der Waals surface area contributed by atoms with Gasteiger partial charge in [0.05, 0.1) is 16.9 Å². The number of allylic oxidation sites excluding steroid dienone is 6. The van der Waals surface area contributed by atoms with Crippen molar-refractivity contribution >= 4 is 43.6 Å². The van der Waals surface area contributed by atoms with E-state index in [2.05, 4.69) is 10.2 Å². The SMILES string of the molecule is CS(=O)(=O)c1[nH]n(-c2ccccc2)c(=O)c1/C=C/C=C/C=C/C=C1\C(=O)N(c2ccccc2)N=CC1S(C)(=O)=O. The third-order valence-electron chi connectivity index (χ3n) is 5.79. The van der Waals surface area contributed by atoms with Crippen molar-refractivity contribution in [1.82, 2.24) is 9.78 Å². The number of anilines is 1. The number of nitrogens with one attached hydrogen (secondary N) is 1. The molecule has 3 aromatic rings. The van der Waals surface area contributed by atoms with Crippen LogP contribution in [0.4, 0.5) is 5.69 Å². The topological polar surface area (TPSA) is 139 Å². The number of rotatable bonds is 8. The standard InChI is InChI=1S/C28H26N4O6S2/c1-39(35,36)25-20-29-31(21-14-8-6-9-15-21)27(33)23(25)18-12-4-3-5-13-19-24-26(40(2,37)38)30-32(28(24)34)22-16-10-7-11-17-22/h3-20,25,30H,1-2H3/b5-3+,12-4+,19-13+,23-18-. The molecule has 0 fully saturated rings. The van der Waals surface area contributed by atoms with Gasteiger partial charge < -0.3 is 0 Å². The normalized spacial score (nSPS) is 17.6. The summed E-state index contributed by atoms with van der Waals surface area (Å²) in [6.45, 7) is 0. The van der Waals surface area contributed by atoms with Gasteiger partial charge in [-0.3, -0.25) is 14.7 Å². The first kappa shape index (κ1) is 28.5. The van der Waals surface area contributed by atoms with Crippen molar-refractivity contribution in [3.63, 3.8) is 0 Å². The molecule has 12 heteroatoms. The second-order valence-corrected chi connectivity index (χ2v) is 12.9. The maximum Gasteiger partial charge on any atom is 0.279 e. The number of hydrogen-bond acceptors (Lipinski definition) is 7. The zero-order valence-corrected chi connectivity index (χ0v) is 23.2.